The van der Waals surface area contributed by atoms with Gasteiger partial charge in [0.05, 0.1) is 19.1 Å². The zero-order valence-corrected chi connectivity index (χ0v) is 23.4. The first-order valence-electron chi connectivity index (χ1n) is 12.5. The van der Waals surface area contributed by atoms with E-state index in [1.165, 1.54) is 0 Å². The highest BCUT2D eigenvalue weighted by Gasteiger charge is 2.31. The zero-order valence-electron chi connectivity index (χ0n) is 21.8. The fraction of sp³-hybridized carbons (Fsp3) is 0.407. The molecule has 2 aromatic heterocycles. The number of anilines is 1. The first kappa shape index (κ1) is 28.0. The number of aliphatic hydroxyl groups is 1. The topological polar surface area (TPSA) is 112 Å². The highest BCUT2D eigenvalue weighted by molar-refractivity contribution is 7.94. The van der Waals surface area contributed by atoms with Crippen LogP contribution in [-0.4, -0.2) is 73.1 Å². The number of benzene rings is 1. The molecular weight excluding hydrogens is 524 g/mol. The Hall–Kier alpha value is -2.99. The van der Waals surface area contributed by atoms with Crippen LogP contribution < -0.4 is 9.46 Å². The SMILES string of the molecule is C[C@H]1CN([C@@H](C)CO)C(=O)Cc2cc(NS(=O)(=O)c3cccs3)ccc2O[C@@H]1CN(C)Cc1ccncc1. The maximum absolute atomic E-state index is 13.4. The summed E-state index contributed by atoms with van der Waals surface area (Å²) in [7, 11) is -1.72. The molecule has 0 saturated heterocycles. The summed E-state index contributed by atoms with van der Waals surface area (Å²) in [6.07, 6.45) is 3.31. The van der Waals surface area contributed by atoms with E-state index in [4.69, 9.17) is 4.74 Å². The van der Waals surface area contributed by atoms with Gasteiger partial charge in [0, 0.05) is 49.2 Å². The molecule has 0 fully saturated rings. The van der Waals surface area contributed by atoms with E-state index in [0.717, 1.165) is 16.9 Å². The lowest BCUT2D eigenvalue weighted by Crippen LogP contribution is -2.47. The molecule has 0 unspecified atom stereocenters. The van der Waals surface area contributed by atoms with E-state index in [2.05, 4.69) is 14.6 Å². The summed E-state index contributed by atoms with van der Waals surface area (Å²) in [5.41, 5.74) is 2.08. The second kappa shape index (κ2) is 12.2. The van der Waals surface area contributed by atoms with Crippen molar-refractivity contribution in [1.29, 1.82) is 0 Å². The molecule has 1 aliphatic rings. The van der Waals surface area contributed by atoms with Gasteiger partial charge in [0.25, 0.3) is 10.0 Å². The Morgan fingerprint density at radius 3 is 2.71 bits per heavy atom. The molecule has 3 atom stereocenters. The molecule has 0 saturated carbocycles. The lowest BCUT2D eigenvalue weighted by Gasteiger charge is -2.34. The second-order valence-corrected chi connectivity index (χ2v) is 12.7. The van der Waals surface area contributed by atoms with Gasteiger partial charge < -0.3 is 14.7 Å². The van der Waals surface area contributed by atoms with Gasteiger partial charge in [-0.25, -0.2) is 8.42 Å². The highest BCUT2D eigenvalue weighted by Crippen LogP contribution is 2.30. The van der Waals surface area contributed by atoms with E-state index < -0.39 is 10.0 Å². The number of nitrogens with one attached hydrogen (secondary N) is 1. The van der Waals surface area contributed by atoms with Gasteiger partial charge in [-0.15, -0.1) is 11.3 Å². The smallest absolute Gasteiger partial charge is 0.271 e. The summed E-state index contributed by atoms with van der Waals surface area (Å²) in [6, 6.07) is 11.9. The molecule has 0 aliphatic carbocycles. The number of pyridine rings is 1. The number of carbonyl (C=O) groups excluding carboxylic acids is 1. The Labute approximate surface area is 228 Å². The number of amides is 1. The number of fused-ring (bicyclic) bond motifs is 1. The zero-order chi connectivity index (χ0) is 27.3. The number of ether oxygens (including phenoxy) is 1. The molecule has 11 heteroatoms. The molecule has 204 valence electrons. The van der Waals surface area contributed by atoms with Crippen molar-refractivity contribution >= 4 is 33.0 Å². The van der Waals surface area contributed by atoms with Gasteiger partial charge in [-0.05, 0) is 61.3 Å². The largest absolute Gasteiger partial charge is 0.488 e. The van der Waals surface area contributed by atoms with Gasteiger partial charge in [0.2, 0.25) is 5.91 Å². The lowest BCUT2D eigenvalue weighted by molar-refractivity contribution is -0.134. The number of likely N-dealkylation sites (N-methyl/N-ethyl adjacent to an activating group) is 1. The molecular formula is C27H34N4O5S2. The van der Waals surface area contributed by atoms with Crippen molar-refractivity contribution in [2.45, 2.75) is 43.2 Å². The van der Waals surface area contributed by atoms with Crippen LogP contribution in [0.3, 0.4) is 0 Å². The number of aliphatic hydroxyl groups excluding tert-OH is 1. The average Bonchev–Trinajstić information content (AvgIpc) is 3.44. The fourth-order valence-electron chi connectivity index (χ4n) is 4.50. The summed E-state index contributed by atoms with van der Waals surface area (Å²) < 4.78 is 34.9. The normalized spacial score (nSPS) is 19.2. The molecule has 3 aromatic rings. The van der Waals surface area contributed by atoms with Crippen LogP contribution in [0.5, 0.6) is 5.75 Å². The fourth-order valence-corrected chi connectivity index (χ4v) is 6.55. The van der Waals surface area contributed by atoms with Crippen LogP contribution in [-0.2, 0) is 27.8 Å². The third-order valence-corrected chi connectivity index (χ3v) is 9.40. The number of rotatable bonds is 9. The van der Waals surface area contributed by atoms with Gasteiger partial charge >= 0.3 is 0 Å². The van der Waals surface area contributed by atoms with Crippen LogP contribution in [0.2, 0.25) is 0 Å². The number of carbonyl (C=O) groups is 1. The van der Waals surface area contributed by atoms with Gasteiger partial charge in [-0.3, -0.25) is 19.4 Å². The third kappa shape index (κ3) is 6.90. The summed E-state index contributed by atoms with van der Waals surface area (Å²) in [5.74, 6) is 0.369. The van der Waals surface area contributed by atoms with E-state index in [1.54, 1.807) is 53.0 Å². The van der Waals surface area contributed by atoms with Gasteiger partial charge in [0.15, 0.2) is 0 Å². The maximum Gasteiger partial charge on any atom is 0.271 e. The summed E-state index contributed by atoms with van der Waals surface area (Å²) >= 11 is 1.13. The van der Waals surface area contributed by atoms with Crippen molar-refractivity contribution in [1.82, 2.24) is 14.8 Å². The monoisotopic (exact) mass is 558 g/mol. The lowest BCUT2D eigenvalue weighted by atomic mass is 10.0. The van der Waals surface area contributed by atoms with Crippen molar-refractivity contribution in [2.75, 3.05) is 31.5 Å². The Bertz CT molecular complexity index is 1320. The Morgan fingerprint density at radius 1 is 1.26 bits per heavy atom. The second-order valence-electron chi connectivity index (χ2n) is 9.80. The Balaban J connectivity index is 1.63. The van der Waals surface area contributed by atoms with Crippen molar-refractivity contribution < 1.29 is 23.1 Å². The summed E-state index contributed by atoms with van der Waals surface area (Å²) in [5, 5.41) is 11.5. The van der Waals surface area contributed by atoms with E-state index >= 15 is 0 Å². The van der Waals surface area contributed by atoms with Gasteiger partial charge in [-0.2, -0.15) is 0 Å². The molecule has 1 aliphatic heterocycles. The summed E-state index contributed by atoms with van der Waals surface area (Å²) in [4.78, 5) is 21.3. The van der Waals surface area contributed by atoms with E-state index in [1.807, 2.05) is 33.0 Å². The molecule has 2 N–H and O–H groups in total. The standard InChI is InChI=1S/C27H34N4O5S2/c1-19-15-31(20(2)18-32)26(33)14-22-13-23(29-38(34,35)27-5-4-12-37-27)6-7-24(22)36-25(19)17-30(3)16-21-8-10-28-11-9-21/h4-13,19-20,25,29,32H,14-18H2,1-3H3/t19-,20-,25+/m0/s1. The van der Waals surface area contributed by atoms with E-state index in [-0.39, 0.29) is 41.2 Å². The van der Waals surface area contributed by atoms with Crippen LogP contribution >= 0.6 is 11.3 Å². The first-order valence-corrected chi connectivity index (χ1v) is 14.9. The van der Waals surface area contributed by atoms with Crippen LogP contribution in [0, 0.1) is 5.92 Å². The minimum Gasteiger partial charge on any atom is -0.488 e. The summed E-state index contributed by atoms with van der Waals surface area (Å²) in [6.45, 7) is 5.45. The Morgan fingerprint density at radius 2 is 2.03 bits per heavy atom. The molecule has 0 spiro atoms. The van der Waals surface area contributed by atoms with Crippen LogP contribution in [0.15, 0.2) is 64.4 Å². The Kier molecular flexibility index (Phi) is 9.03. The molecule has 4 rings (SSSR count). The maximum atomic E-state index is 13.4. The van der Waals surface area contributed by atoms with Crippen LogP contribution in [0.25, 0.3) is 0 Å². The number of nitrogens with zero attached hydrogens (tertiary/aromatic N) is 3. The predicted octanol–water partition coefficient (Wildman–Crippen LogP) is 3.22. The van der Waals surface area contributed by atoms with Crippen LogP contribution in [0.4, 0.5) is 5.69 Å². The van der Waals surface area contributed by atoms with Gasteiger partial charge in [0.1, 0.15) is 16.1 Å². The molecule has 0 bridgehead atoms. The quantitative estimate of drug-likeness (QED) is 0.415. The number of thiophene rings is 1. The number of sulfonamides is 1. The molecule has 9 nitrogen and oxygen atoms in total. The molecule has 0 radical (unpaired) electrons. The third-order valence-electron chi connectivity index (χ3n) is 6.62. The molecule has 1 aromatic carbocycles. The predicted molar refractivity (Wildman–Crippen MR) is 148 cm³/mol. The van der Waals surface area contributed by atoms with Crippen molar-refractivity contribution in [2.24, 2.45) is 5.92 Å². The first-order chi connectivity index (χ1) is 18.2. The van der Waals surface area contributed by atoms with Crippen molar-refractivity contribution in [3.63, 3.8) is 0 Å². The molecule has 38 heavy (non-hydrogen) atoms. The van der Waals surface area contributed by atoms with Crippen molar-refractivity contribution in [3.8, 4) is 5.75 Å². The highest BCUT2D eigenvalue weighted by atomic mass is 32.2. The molecule has 3 heterocycles. The van der Waals surface area contributed by atoms with E-state index in [9.17, 15) is 18.3 Å². The van der Waals surface area contributed by atoms with E-state index in [0.29, 0.717) is 36.6 Å². The van der Waals surface area contributed by atoms with Crippen molar-refractivity contribution in [3.05, 3.63) is 71.4 Å². The van der Waals surface area contributed by atoms with Crippen LogP contribution in [0.1, 0.15) is 25.0 Å². The minimum atomic E-state index is -3.74. The average molecular weight is 559 g/mol. The van der Waals surface area contributed by atoms with Gasteiger partial charge in [-0.1, -0.05) is 13.0 Å². The molecule has 1 amide bonds. The number of hydrogen-bond donors (Lipinski definition) is 2. The number of hydrogen-bond acceptors (Lipinski definition) is 8. The minimum absolute atomic E-state index is 0.0283. The number of aromatic nitrogens is 1.